The number of nitrogens with one attached hydrogen (secondary N) is 1. The Balaban J connectivity index is 3.30. The highest BCUT2D eigenvalue weighted by Crippen LogP contribution is 1.72. The number of nitrogens with two attached hydrogens (primary N) is 1. The van der Waals surface area contributed by atoms with Gasteiger partial charge in [0.2, 0.25) is 10.0 Å². The number of hydrogen-bond acceptors (Lipinski definition) is 4. The maximum Gasteiger partial charge on any atom is 0.210 e. The summed E-state index contributed by atoms with van der Waals surface area (Å²) in [6.07, 6.45) is 0. The average molecular weight is 154 g/mol. The molecule has 0 spiro atoms. The Morgan fingerprint density at radius 3 is 2.56 bits per heavy atom. The Morgan fingerprint density at radius 1 is 1.67 bits per heavy atom. The van der Waals surface area contributed by atoms with Crippen LogP contribution < -0.4 is 10.6 Å². The van der Waals surface area contributed by atoms with Crippen LogP contribution in [0.2, 0.25) is 0 Å². The minimum atomic E-state index is -3.34. The molecule has 0 saturated carbocycles. The van der Waals surface area contributed by atoms with E-state index in [9.17, 15) is 8.42 Å². The molecule has 0 bridgehead atoms. The van der Waals surface area contributed by atoms with Gasteiger partial charge in [0, 0.05) is 6.54 Å². The van der Waals surface area contributed by atoms with E-state index in [0.717, 1.165) is 0 Å². The van der Waals surface area contributed by atoms with Crippen LogP contribution in [-0.4, -0.2) is 27.8 Å². The van der Waals surface area contributed by atoms with E-state index < -0.39 is 10.0 Å². The van der Waals surface area contributed by atoms with Crippen molar-refractivity contribution in [2.45, 2.75) is 0 Å². The van der Waals surface area contributed by atoms with Crippen molar-refractivity contribution in [3.05, 3.63) is 0 Å². The molecule has 0 atom stereocenters. The molecule has 0 aromatic heterocycles. The molecule has 56 valence electrons. The lowest BCUT2D eigenvalue weighted by atomic mass is 10.8. The van der Waals surface area contributed by atoms with E-state index in [2.05, 4.69) is 15.5 Å². The van der Waals surface area contributed by atoms with E-state index in [4.69, 9.17) is 0 Å². The van der Waals surface area contributed by atoms with Gasteiger partial charge in [-0.05, 0) is 0 Å². The minimum Gasteiger partial charge on any atom is -0.305 e. The zero-order valence-electron chi connectivity index (χ0n) is 5.12. The molecule has 0 aliphatic carbocycles. The number of hydroxylamine groups is 1. The fourth-order valence-corrected chi connectivity index (χ4v) is 0.654. The van der Waals surface area contributed by atoms with Crippen LogP contribution in [-0.2, 0) is 14.9 Å². The Bertz CT molecular complexity index is 152. The smallest absolute Gasteiger partial charge is 0.210 e. The van der Waals surface area contributed by atoms with Crippen LogP contribution >= 0.6 is 0 Å². The van der Waals surface area contributed by atoms with Gasteiger partial charge in [-0.1, -0.05) is 0 Å². The molecule has 0 fully saturated rings. The topological polar surface area (TPSA) is 81.4 Å². The first-order valence-electron chi connectivity index (χ1n) is 2.32. The van der Waals surface area contributed by atoms with Gasteiger partial charge >= 0.3 is 0 Å². The normalized spacial score (nSPS) is 11.8. The molecule has 0 amide bonds. The summed E-state index contributed by atoms with van der Waals surface area (Å²) in [6, 6.07) is 0. The maximum atomic E-state index is 10.2. The van der Waals surface area contributed by atoms with Gasteiger partial charge < -0.3 is 4.84 Å². The summed E-state index contributed by atoms with van der Waals surface area (Å²) < 4.78 is 20.4. The molecule has 6 heteroatoms. The molecule has 0 heterocycles. The van der Waals surface area contributed by atoms with Crippen molar-refractivity contribution in [1.82, 2.24) is 5.48 Å². The molecule has 0 aliphatic rings. The Kier molecular flexibility index (Phi) is 3.71. The van der Waals surface area contributed by atoms with Crippen molar-refractivity contribution >= 4 is 10.0 Å². The van der Waals surface area contributed by atoms with Crippen molar-refractivity contribution in [2.75, 3.05) is 19.4 Å². The Hall–Kier alpha value is -0.170. The van der Waals surface area contributed by atoms with E-state index in [1.807, 2.05) is 0 Å². The second kappa shape index (κ2) is 3.78. The minimum absolute atomic E-state index is 0.110. The molecule has 3 N–H and O–H groups in total. The summed E-state index contributed by atoms with van der Waals surface area (Å²) in [4.78, 5) is 4.37. The van der Waals surface area contributed by atoms with E-state index >= 15 is 0 Å². The van der Waals surface area contributed by atoms with Gasteiger partial charge in [-0.15, -0.1) is 0 Å². The van der Waals surface area contributed by atoms with Crippen LogP contribution in [0, 0.1) is 0 Å². The van der Waals surface area contributed by atoms with Gasteiger partial charge in [-0.25, -0.2) is 19.0 Å². The lowest BCUT2D eigenvalue weighted by molar-refractivity contribution is 0.0967. The van der Waals surface area contributed by atoms with Crippen molar-refractivity contribution in [3.63, 3.8) is 0 Å². The van der Waals surface area contributed by atoms with Gasteiger partial charge in [-0.2, -0.15) is 0 Å². The van der Waals surface area contributed by atoms with Crippen LogP contribution in [0.1, 0.15) is 0 Å². The average Bonchev–Trinajstić information content (AvgIpc) is 1.63. The largest absolute Gasteiger partial charge is 0.305 e. The van der Waals surface area contributed by atoms with Gasteiger partial charge in [0.15, 0.2) is 0 Å². The van der Waals surface area contributed by atoms with E-state index in [0.29, 0.717) is 0 Å². The van der Waals surface area contributed by atoms with E-state index in [1.165, 1.54) is 7.11 Å². The summed E-state index contributed by atoms with van der Waals surface area (Å²) in [7, 11) is -1.93. The highest BCUT2D eigenvalue weighted by molar-refractivity contribution is 7.89. The molecule has 0 rings (SSSR count). The SMILES string of the molecule is CONCCS(N)(=O)=O. The third-order valence-corrected chi connectivity index (χ3v) is 1.41. The predicted molar refractivity (Wildman–Crippen MR) is 33.0 cm³/mol. The lowest BCUT2D eigenvalue weighted by Gasteiger charge is -1.97. The molecular weight excluding hydrogens is 144 g/mol. The third-order valence-electron chi connectivity index (χ3n) is 0.633. The Morgan fingerprint density at radius 2 is 2.22 bits per heavy atom. The highest BCUT2D eigenvalue weighted by atomic mass is 32.2. The van der Waals surface area contributed by atoms with Crippen LogP contribution in [0.25, 0.3) is 0 Å². The Labute approximate surface area is 54.2 Å². The van der Waals surface area contributed by atoms with Crippen LogP contribution in [0.5, 0.6) is 0 Å². The third kappa shape index (κ3) is 7.83. The standard InChI is InChI=1S/C3H10N2O3S/c1-8-5-2-3-9(4,6)7/h5H,2-3H2,1H3,(H2,4,6,7). The van der Waals surface area contributed by atoms with Crippen molar-refractivity contribution in [3.8, 4) is 0 Å². The molecule has 5 nitrogen and oxygen atoms in total. The van der Waals surface area contributed by atoms with Crippen LogP contribution in [0.15, 0.2) is 0 Å². The lowest BCUT2D eigenvalue weighted by Crippen LogP contribution is -2.26. The number of primary sulfonamides is 1. The summed E-state index contributed by atoms with van der Waals surface area (Å²) in [5.41, 5.74) is 2.35. The zero-order chi connectivity index (χ0) is 7.33. The molecule has 0 aromatic rings. The molecule has 0 radical (unpaired) electrons. The summed E-state index contributed by atoms with van der Waals surface area (Å²) in [6.45, 7) is 0.218. The van der Waals surface area contributed by atoms with E-state index in [1.54, 1.807) is 0 Å². The van der Waals surface area contributed by atoms with Crippen LogP contribution in [0.4, 0.5) is 0 Å². The molecule has 0 aromatic carbocycles. The molecule has 0 saturated heterocycles. The van der Waals surface area contributed by atoms with E-state index in [-0.39, 0.29) is 12.3 Å². The first kappa shape index (κ1) is 8.83. The molecule has 0 aliphatic heterocycles. The summed E-state index contributed by atoms with van der Waals surface area (Å²) in [5, 5.41) is 4.65. The number of hydrogen-bond donors (Lipinski definition) is 2. The molecular formula is C3H10N2O3S. The number of rotatable bonds is 4. The maximum absolute atomic E-state index is 10.2. The first-order valence-corrected chi connectivity index (χ1v) is 4.04. The monoisotopic (exact) mass is 154 g/mol. The van der Waals surface area contributed by atoms with Crippen molar-refractivity contribution in [2.24, 2.45) is 5.14 Å². The quantitative estimate of drug-likeness (QED) is 0.378. The van der Waals surface area contributed by atoms with Crippen molar-refractivity contribution in [1.29, 1.82) is 0 Å². The second-order valence-corrected chi connectivity index (χ2v) is 3.20. The van der Waals surface area contributed by atoms with Crippen molar-refractivity contribution < 1.29 is 13.3 Å². The predicted octanol–water partition coefficient (Wildman–Crippen LogP) is -1.57. The fourth-order valence-electron chi connectivity index (χ4n) is 0.286. The van der Waals surface area contributed by atoms with Gasteiger partial charge in [0.25, 0.3) is 0 Å². The van der Waals surface area contributed by atoms with Gasteiger partial charge in [0.1, 0.15) is 0 Å². The zero-order valence-corrected chi connectivity index (χ0v) is 5.94. The summed E-state index contributed by atoms with van der Waals surface area (Å²) >= 11 is 0. The second-order valence-electron chi connectivity index (χ2n) is 1.47. The van der Waals surface area contributed by atoms with Gasteiger partial charge in [0.05, 0.1) is 12.9 Å². The fraction of sp³-hybridized carbons (Fsp3) is 1.00. The highest BCUT2D eigenvalue weighted by Gasteiger charge is 1.99. The summed E-state index contributed by atoms with van der Waals surface area (Å²) in [5.74, 6) is -0.110. The molecule has 0 unspecified atom stereocenters. The number of sulfonamides is 1. The first-order chi connectivity index (χ1) is 4.06. The van der Waals surface area contributed by atoms with Crippen LogP contribution in [0.3, 0.4) is 0 Å². The van der Waals surface area contributed by atoms with Gasteiger partial charge in [-0.3, -0.25) is 0 Å². The molecule has 9 heavy (non-hydrogen) atoms.